The van der Waals surface area contributed by atoms with Crippen LogP contribution in [0.3, 0.4) is 0 Å². The number of rotatable bonds is 3. The molecule has 0 aliphatic heterocycles. The number of pyridine rings is 1. The van der Waals surface area contributed by atoms with Crippen LogP contribution in [0.5, 0.6) is 0 Å². The van der Waals surface area contributed by atoms with Crippen molar-refractivity contribution < 1.29 is 9.18 Å². The highest BCUT2D eigenvalue weighted by Gasteiger charge is 2.39. The summed E-state index contributed by atoms with van der Waals surface area (Å²) < 4.78 is 13.6. The number of hydrogen-bond donors (Lipinski definition) is 1. The zero-order valence-corrected chi connectivity index (χ0v) is 11.3. The summed E-state index contributed by atoms with van der Waals surface area (Å²) in [6, 6.07) is 1.36. The molecule has 0 radical (unpaired) electrons. The summed E-state index contributed by atoms with van der Waals surface area (Å²) >= 11 is 5.57. The molecule has 3 nitrogen and oxygen atoms in total. The van der Waals surface area contributed by atoms with Crippen molar-refractivity contribution in [3.05, 3.63) is 28.8 Å². The average molecular weight is 283 g/mol. The van der Waals surface area contributed by atoms with Crippen molar-refractivity contribution in [2.24, 2.45) is 17.8 Å². The second-order valence-electron chi connectivity index (χ2n) is 5.61. The van der Waals surface area contributed by atoms with Gasteiger partial charge in [-0.2, -0.15) is 0 Å². The fourth-order valence-electron chi connectivity index (χ4n) is 3.54. The maximum atomic E-state index is 13.6. The van der Waals surface area contributed by atoms with Gasteiger partial charge in [0, 0.05) is 12.7 Å². The summed E-state index contributed by atoms with van der Waals surface area (Å²) in [5.41, 5.74) is -0.0249. The molecule has 3 atom stereocenters. The summed E-state index contributed by atoms with van der Waals surface area (Å²) in [5, 5.41) is 2.57. The molecule has 3 unspecified atom stereocenters. The number of nitrogens with one attached hydrogen (secondary N) is 1. The summed E-state index contributed by atoms with van der Waals surface area (Å²) in [6.45, 7) is 0.638. The third-order valence-electron chi connectivity index (χ3n) is 4.50. The Balaban J connectivity index is 1.61. The van der Waals surface area contributed by atoms with Gasteiger partial charge in [0.1, 0.15) is 0 Å². The highest BCUT2D eigenvalue weighted by Crippen LogP contribution is 2.47. The lowest BCUT2D eigenvalue weighted by Crippen LogP contribution is -2.32. The lowest BCUT2D eigenvalue weighted by atomic mass is 9.89. The number of halogens is 2. The normalized spacial score (nSPS) is 28.6. The van der Waals surface area contributed by atoms with Gasteiger partial charge in [-0.1, -0.05) is 18.0 Å². The summed E-state index contributed by atoms with van der Waals surface area (Å²) in [5.74, 6) is 1.01. The fourth-order valence-corrected chi connectivity index (χ4v) is 3.70. The van der Waals surface area contributed by atoms with Crippen LogP contribution < -0.4 is 5.32 Å². The fraction of sp³-hybridized carbons (Fsp3) is 0.571. The van der Waals surface area contributed by atoms with Crippen LogP contribution in [-0.2, 0) is 0 Å². The molecule has 1 heterocycles. The molecule has 0 aromatic carbocycles. The Labute approximate surface area is 116 Å². The number of carbonyl (C=O) groups excluding carboxylic acids is 1. The van der Waals surface area contributed by atoms with Gasteiger partial charge in [0.2, 0.25) is 0 Å². The first kappa shape index (κ1) is 12.9. The smallest absolute Gasteiger partial charge is 0.254 e. The number of hydrogen-bond acceptors (Lipinski definition) is 2. The van der Waals surface area contributed by atoms with Gasteiger partial charge >= 0.3 is 0 Å². The Bertz CT molecular complexity index is 508. The molecule has 0 spiro atoms. The molecular weight excluding hydrogens is 267 g/mol. The van der Waals surface area contributed by atoms with Crippen molar-refractivity contribution in [1.82, 2.24) is 10.3 Å². The lowest BCUT2D eigenvalue weighted by molar-refractivity contribution is 0.0937. The minimum Gasteiger partial charge on any atom is -0.352 e. The summed E-state index contributed by atoms with van der Waals surface area (Å²) in [7, 11) is 0. The van der Waals surface area contributed by atoms with Gasteiger partial charge in [0.25, 0.3) is 5.91 Å². The highest BCUT2D eigenvalue weighted by atomic mass is 35.5. The highest BCUT2D eigenvalue weighted by molar-refractivity contribution is 6.29. The Hall–Kier alpha value is -1.16. The number of nitrogens with zero attached hydrogens (tertiary/aromatic N) is 1. The first-order valence-corrected chi connectivity index (χ1v) is 7.11. The van der Waals surface area contributed by atoms with Gasteiger partial charge in [-0.05, 0) is 43.1 Å². The van der Waals surface area contributed by atoms with Crippen LogP contribution >= 0.6 is 11.6 Å². The van der Waals surface area contributed by atoms with Gasteiger partial charge < -0.3 is 5.32 Å². The molecule has 5 heteroatoms. The predicted octanol–water partition coefficient (Wildman–Crippen LogP) is 3.04. The van der Waals surface area contributed by atoms with Crippen molar-refractivity contribution in [2.75, 3.05) is 6.54 Å². The predicted molar refractivity (Wildman–Crippen MR) is 70.5 cm³/mol. The van der Waals surface area contributed by atoms with E-state index in [1.165, 1.54) is 37.9 Å². The number of aromatic nitrogens is 1. The third-order valence-corrected chi connectivity index (χ3v) is 4.76. The minimum absolute atomic E-state index is 0.0249. The van der Waals surface area contributed by atoms with E-state index in [0.29, 0.717) is 12.5 Å². The van der Waals surface area contributed by atoms with Gasteiger partial charge in [0.15, 0.2) is 11.0 Å². The van der Waals surface area contributed by atoms with Crippen LogP contribution in [0.2, 0.25) is 5.15 Å². The zero-order valence-electron chi connectivity index (χ0n) is 10.5. The van der Waals surface area contributed by atoms with E-state index in [1.54, 1.807) is 0 Å². The molecular formula is C14H16ClFN2O. The first-order valence-electron chi connectivity index (χ1n) is 6.73. The molecule has 2 fully saturated rings. The van der Waals surface area contributed by atoms with E-state index in [9.17, 15) is 9.18 Å². The molecule has 1 aromatic heterocycles. The molecule has 2 aliphatic rings. The van der Waals surface area contributed by atoms with E-state index in [-0.39, 0.29) is 10.7 Å². The quantitative estimate of drug-likeness (QED) is 0.866. The third kappa shape index (κ3) is 2.46. The zero-order chi connectivity index (χ0) is 13.4. The molecule has 1 N–H and O–H groups in total. The van der Waals surface area contributed by atoms with E-state index in [1.807, 2.05) is 0 Å². The first-order chi connectivity index (χ1) is 9.15. The Kier molecular flexibility index (Phi) is 3.44. The maximum Gasteiger partial charge on any atom is 0.254 e. The molecule has 1 aromatic rings. The number of fused-ring (bicyclic) bond motifs is 2. The molecule has 102 valence electrons. The van der Waals surface area contributed by atoms with Crippen LogP contribution in [0.25, 0.3) is 0 Å². The molecule has 2 aliphatic carbocycles. The van der Waals surface area contributed by atoms with E-state index in [0.717, 1.165) is 11.8 Å². The largest absolute Gasteiger partial charge is 0.352 e. The SMILES string of the molecule is O=C(NCC1CC2CCC1C2)c1ccnc(Cl)c1F. The van der Waals surface area contributed by atoms with E-state index < -0.39 is 11.7 Å². The van der Waals surface area contributed by atoms with Crippen molar-refractivity contribution in [3.8, 4) is 0 Å². The van der Waals surface area contributed by atoms with Gasteiger partial charge in [-0.25, -0.2) is 9.37 Å². The lowest BCUT2D eigenvalue weighted by Gasteiger charge is -2.21. The molecule has 19 heavy (non-hydrogen) atoms. The number of carbonyl (C=O) groups is 1. The van der Waals surface area contributed by atoms with Crippen LogP contribution in [0.1, 0.15) is 36.0 Å². The average Bonchev–Trinajstić information content (AvgIpc) is 3.01. The monoisotopic (exact) mass is 282 g/mol. The standard InChI is InChI=1S/C14H16ClFN2O/c15-13-12(16)11(3-4-17-13)14(19)18-7-10-6-8-1-2-9(10)5-8/h3-4,8-10H,1-2,5-7H2,(H,18,19). The maximum absolute atomic E-state index is 13.6. The summed E-state index contributed by atoms with van der Waals surface area (Å²) in [4.78, 5) is 15.5. The Morgan fingerprint density at radius 1 is 1.47 bits per heavy atom. The summed E-state index contributed by atoms with van der Waals surface area (Å²) in [6.07, 6.45) is 6.46. The minimum atomic E-state index is -0.741. The Morgan fingerprint density at radius 2 is 2.32 bits per heavy atom. The van der Waals surface area contributed by atoms with Crippen LogP contribution in [0.15, 0.2) is 12.3 Å². The Morgan fingerprint density at radius 3 is 3.00 bits per heavy atom. The van der Waals surface area contributed by atoms with Crippen molar-refractivity contribution in [3.63, 3.8) is 0 Å². The van der Waals surface area contributed by atoms with Crippen LogP contribution in [0.4, 0.5) is 4.39 Å². The van der Waals surface area contributed by atoms with Crippen molar-refractivity contribution in [2.45, 2.75) is 25.7 Å². The molecule has 2 saturated carbocycles. The van der Waals surface area contributed by atoms with Gasteiger partial charge in [-0.3, -0.25) is 4.79 Å². The van der Waals surface area contributed by atoms with Crippen LogP contribution in [-0.4, -0.2) is 17.4 Å². The van der Waals surface area contributed by atoms with E-state index in [4.69, 9.17) is 11.6 Å². The molecule has 3 rings (SSSR count). The molecule has 1 amide bonds. The molecule has 2 bridgehead atoms. The second-order valence-corrected chi connectivity index (χ2v) is 5.97. The van der Waals surface area contributed by atoms with E-state index in [2.05, 4.69) is 10.3 Å². The second kappa shape index (κ2) is 5.08. The van der Waals surface area contributed by atoms with Gasteiger partial charge in [0.05, 0.1) is 5.56 Å². The van der Waals surface area contributed by atoms with Gasteiger partial charge in [-0.15, -0.1) is 0 Å². The van der Waals surface area contributed by atoms with Crippen molar-refractivity contribution >= 4 is 17.5 Å². The molecule has 0 saturated heterocycles. The topological polar surface area (TPSA) is 42.0 Å². The van der Waals surface area contributed by atoms with Crippen LogP contribution in [0, 0.1) is 23.6 Å². The number of amides is 1. The van der Waals surface area contributed by atoms with E-state index >= 15 is 0 Å². The van der Waals surface area contributed by atoms with Crippen molar-refractivity contribution in [1.29, 1.82) is 0 Å².